The minimum absolute atomic E-state index is 0.431. The van der Waals surface area contributed by atoms with Crippen molar-refractivity contribution in [2.75, 3.05) is 0 Å². The van der Waals surface area contributed by atoms with Gasteiger partial charge in [-0.3, -0.25) is 4.98 Å². The molecule has 0 fully saturated rings. The van der Waals surface area contributed by atoms with Crippen molar-refractivity contribution in [3.8, 4) is 23.5 Å². The normalized spacial score (nSPS) is 11.0. The van der Waals surface area contributed by atoms with Crippen LogP contribution in [-0.4, -0.2) is 4.98 Å². The van der Waals surface area contributed by atoms with Crippen LogP contribution in [0.3, 0.4) is 0 Å². The second-order valence-corrected chi connectivity index (χ2v) is 3.64. The summed E-state index contributed by atoms with van der Waals surface area (Å²) in [6.45, 7) is 0. The number of hydrogen-bond acceptors (Lipinski definition) is 1. The van der Waals surface area contributed by atoms with Gasteiger partial charge in [0.05, 0.1) is 11.1 Å². The van der Waals surface area contributed by atoms with Gasteiger partial charge >= 0.3 is 6.18 Å². The van der Waals surface area contributed by atoms with Gasteiger partial charge in [-0.25, -0.2) is 0 Å². The maximum absolute atomic E-state index is 12.6. The standard InChI is InChI=1S/C14H8F3N/c1-2-10-9-18-7-6-13(10)11-4-3-5-12(8-11)14(15,16)17/h1,3-9H. The molecule has 0 atom stereocenters. The molecule has 4 heteroatoms. The van der Waals surface area contributed by atoms with Crippen molar-refractivity contribution >= 4 is 0 Å². The summed E-state index contributed by atoms with van der Waals surface area (Å²) >= 11 is 0. The molecule has 1 aromatic heterocycles. The zero-order chi connectivity index (χ0) is 13.2. The molecule has 0 saturated heterocycles. The molecule has 2 rings (SSSR count). The first-order valence-corrected chi connectivity index (χ1v) is 5.10. The molecule has 0 radical (unpaired) electrons. The SMILES string of the molecule is C#Cc1cnccc1-c1cccc(C(F)(F)F)c1. The molecule has 1 heterocycles. The smallest absolute Gasteiger partial charge is 0.263 e. The van der Waals surface area contributed by atoms with Gasteiger partial charge in [0.2, 0.25) is 0 Å². The van der Waals surface area contributed by atoms with Crippen LogP contribution in [0.1, 0.15) is 11.1 Å². The Kier molecular flexibility index (Phi) is 3.07. The summed E-state index contributed by atoms with van der Waals surface area (Å²) in [5, 5.41) is 0. The van der Waals surface area contributed by atoms with Gasteiger partial charge in [-0.1, -0.05) is 18.1 Å². The molecule has 0 saturated carbocycles. The van der Waals surface area contributed by atoms with E-state index in [2.05, 4.69) is 10.9 Å². The first-order valence-electron chi connectivity index (χ1n) is 5.10. The van der Waals surface area contributed by atoms with E-state index in [9.17, 15) is 13.2 Å². The maximum Gasteiger partial charge on any atom is 0.416 e. The van der Waals surface area contributed by atoms with Crippen LogP contribution in [0.5, 0.6) is 0 Å². The van der Waals surface area contributed by atoms with Crippen molar-refractivity contribution in [2.45, 2.75) is 6.18 Å². The fraction of sp³-hybridized carbons (Fsp3) is 0.0714. The van der Waals surface area contributed by atoms with E-state index in [1.807, 2.05) is 0 Å². The lowest BCUT2D eigenvalue weighted by Crippen LogP contribution is -2.04. The second-order valence-electron chi connectivity index (χ2n) is 3.64. The van der Waals surface area contributed by atoms with Crippen molar-refractivity contribution in [1.82, 2.24) is 4.98 Å². The quantitative estimate of drug-likeness (QED) is 0.699. The van der Waals surface area contributed by atoms with Gasteiger partial charge in [-0.05, 0) is 23.8 Å². The van der Waals surface area contributed by atoms with E-state index in [4.69, 9.17) is 6.42 Å². The van der Waals surface area contributed by atoms with Crippen LogP contribution in [0.4, 0.5) is 13.2 Å². The van der Waals surface area contributed by atoms with Crippen LogP contribution in [0.2, 0.25) is 0 Å². The monoisotopic (exact) mass is 247 g/mol. The van der Waals surface area contributed by atoms with Crippen LogP contribution < -0.4 is 0 Å². The molecule has 90 valence electrons. The summed E-state index contributed by atoms with van der Waals surface area (Å²) in [5.74, 6) is 2.41. The third kappa shape index (κ3) is 2.35. The molecular weight excluding hydrogens is 239 g/mol. The van der Waals surface area contributed by atoms with E-state index >= 15 is 0 Å². The maximum atomic E-state index is 12.6. The summed E-state index contributed by atoms with van der Waals surface area (Å²) in [7, 11) is 0. The van der Waals surface area contributed by atoms with Crippen molar-refractivity contribution in [2.24, 2.45) is 0 Å². The van der Waals surface area contributed by atoms with Gasteiger partial charge in [0.15, 0.2) is 0 Å². The largest absolute Gasteiger partial charge is 0.416 e. The number of hydrogen-bond donors (Lipinski definition) is 0. The fourth-order valence-corrected chi connectivity index (χ4v) is 1.62. The Balaban J connectivity index is 2.56. The van der Waals surface area contributed by atoms with E-state index in [0.29, 0.717) is 16.7 Å². The average Bonchev–Trinajstić information content (AvgIpc) is 2.38. The average molecular weight is 247 g/mol. The van der Waals surface area contributed by atoms with E-state index < -0.39 is 11.7 Å². The molecule has 1 aromatic carbocycles. The van der Waals surface area contributed by atoms with E-state index in [-0.39, 0.29) is 0 Å². The molecule has 0 aliphatic heterocycles. The van der Waals surface area contributed by atoms with E-state index in [0.717, 1.165) is 12.1 Å². The van der Waals surface area contributed by atoms with Crippen LogP contribution in [0.15, 0.2) is 42.7 Å². The number of aromatic nitrogens is 1. The topological polar surface area (TPSA) is 12.9 Å². The summed E-state index contributed by atoms with van der Waals surface area (Å²) in [6, 6.07) is 6.66. The number of pyridine rings is 1. The lowest BCUT2D eigenvalue weighted by molar-refractivity contribution is -0.137. The van der Waals surface area contributed by atoms with Gasteiger partial charge in [0.1, 0.15) is 0 Å². The van der Waals surface area contributed by atoms with Gasteiger partial charge in [0, 0.05) is 18.0 Å². The molecule has 0 N–H and O–H groups in total. The fourth-order valence-electron chi connectivity index (χ4n) is 1.62. The van der Waals surface area contributed by atoms with Crippen molar-refractivity contribution in [3.63, 3.8) is 0 Å². The van der Waals surface area contributed by atoms with Gasteiger partial charge in [-0.2, -0.15) is 13.2 Å². The summed E-state index contributed by atoms with van der Waals surface area (Å²) in [5.41, 5.74) is 0.774. The van der Waals surface area contributed by atoms with Crippen molar-refractivity contribution in [3.05, 3.63) is 53.9 Å². The zero-order valence-electron chi connectivity index (χ0n) is 9.20. The number of benzene rings is 1. The third-order valence-electron chi connectivity index (χ3n) is 2.48. The highest BCUT2D eigenvalue weighted by molar-refractivity contribution is 5.70. The minimum Gasteiger partial charge on any atom is -0.263 e. The molecule has 2 aromatic rings. The Morgan fingerprint density at radius 2 is 1.94 bits per heavy atom. The molecule has 1 nitrogen and oxygen atoms in total. The predicted molar refractivity (Wildman–Crippen MR) is 62.6 cm³/mol. The Morgan fingerprint density at radius 3 is 2.61 bits per heavy atom. The Morgan fingerprint density at radius 1 is 1.17 bits per heavy atom. The highest BCUT2D eigenvalue weighted by Crippen LogP contribution is 2.32. The zero-order valence-corrected chi connectivity index (χ0v) is 9.20. The van der Waals surface area contributed by atoms with Crippen molar-refractivity contribution < 1.29 is 13.2 Å². The number of alkyl halides is 3. The molecule has 18 heavy (non-hydrogen) atoms. The van der Waals surface area contributed by atoms with E-state index in [1.54, 1.807) is 12.1 Å². The predicted octanol–water partition coefficient (Wildman–Crippen LogP) is 3.75. The minimum atomic E-state index is -4.36. The number of rotatable bonds is 1. The van der Waals surface area contributed by atoms with Crippen LogP contribution in [0, 0.1) is 12.3 Å². The third-order valence-corrected chi connectivity index (χ3v) is 2.48. The highest BCUT2D eigenvalue weighted by Gasteiger charge is 2.30. The molecular formula is C14H8F3N. The van der Waals surface area contributed by atoms with Gasteiger partial charge in [-0.15, -0.1) is 6.42 Å². The number of nitrogens with zero attached hydrogens (tertiary/aromatic N) is 1. The summed E-state index contributed by atoms with van der Waals surface area (Å²) in [4.78, 5) is 3.85. The second kappa shape index (κ2) is 4.53. The summed E-state index contributed by atoms with van der Waals surface area (Å²) < 4.78 is 37.8. The van der Waals surface area contributed by atoms with Crippen LogP contribution >= 0.6 is 0 Å². The first kappa shape index (κ1) is 12.2. The molecule has 0 spiro atoms. The number of halogens is 3. The Bertz CT molecular complexity index is 609. The van der Waals surface area contributed by atoms with Crippen LogP contribution in [0.25, 0.3) is 11.1 Å². The molecule has 0 aliphatic rings. The summed E-state index contributed by atoms with van der Waals surface area (Å²) in [6.07, 6.45) is 3.89. The molecule has 0 aliphatic carbocycles. The molecule has 0 amide bonds. The molecule has 0 unspecified atom stereocenters. The lowest BCUT2D eigenvalue weighted by Gasteiger charge is -2.09. The van der Waals surface area contributed by atoms with Crippen molar-refractivity contribution in [1.29, 1.82) is 0 Å². The first-order chi connectivity index (χ1) is 8.52. The van der Waals surface area contributed by atoms with E-state index in [1.165, 1.54) is 18.5 Å². The Labute approximate surface area is 102 Å². The Hall–Kier alpha value is -2.28. The lowest BCUT2D eigenvalue weighted by atomic mass is 10.00. The number of terminal acetylenes is 1. The van der Waals surface area contributed by atoms with Gasteiger partial charge in [0.25, 0.3) is 0 Å². The highest BCUT2D eigenvalue weighted by atomic mass is 19.4. The van der Waals surface area contributed by atoms with Crippen LogP contribution in [-0.2, 0) is 6.18 Å². The molecule has 0 bridgehead atoms. The van der Waals surface area contributed by atoms with Gasteiger partial charge < -0.3 is 0 Å².